The van der Waals surface area contributed by atoms with Crippen LogP contribution >= 0.6 is 0 Å². The normalized spacial score (nSPS) is 14.5. The van der Waals surface area contributed by atoms with Gasteiger partial charge in [0.05, 0.1) is 7.11 Å². The Balaban J connectivity index is 1.41. The van der Waals surface area contributed by atoms with E-state index in [0.29, 0.717) is 32.0 Å². The molecule has 5 nitrogen and oxygen atoms in total. The summed E-state index contributed by atoms with van der Waals surface area (Å²) in [4.78, 5) is 26.3. The smallest absolute Gasteiger partial charge is 0.311 e. The quantitative estimate of drug-likeness (QED) is 0.784. The number of methoxy groups -OCH3 is 1. The van der Waals surface area contributed by atoms with Gasteiger partial charge >= 0.3 is 11.8 Å². The first-order valence-corrected chi connectivity index (χ1v) is 9.90. The van der Waals surface area contributed by atoms with Crippen LogP contribution in [0, 0.1) is 5.92 Å². The Labute approximate surface area is 166 Å². The van der Waals surface area contributed by atoms with E-state index in [4.69, 9.17) is 4.74 Å². The molecule has 0 unspecified atom stereocenters. The third-order valence-corrected chi connectivity index (χ3v) is 5.34. The van der Waals surface area contributed by atoms with E-state index in [-0.39, 0.29) is 0 Å². The van der Waals surface area contributed by atoms with Gasteiger partial charge < -0.3 is 15.0 Å². The zero-order valence-electron chi connectivity index (χ0n) is 16.4. The molecule has 3 rings (SSSR count). The molecule has 0 bridgehead atoms. The van der Waals surface area contributed by atoms with E-state index in [1.165, 1.54) is 5.56 Å². The fraction of sp³-hybridized carbons (Fsp3) is 0.391. The van der Waals surface area contributed by atoms with Crippen LogP contribution in [0.25, 0.3) is 0 Å². The van der Waals surface area contributed by atoms with Gasteiger partial charge in [-0.25, -0.2) is 0 Å². The monoisotopic (exact) mass is 380 g/mol. The van der Waals surface area contributed by atoms with Crippen LogP contribution in [0.1, 0.15) is 24.0 Å². The van der Waals surface area contributed by atoms with Crippen LogP contribution in [-0.4, -0.2) is 43.5 Å². The molecule has 0 spiro atoms. The predicted molar refractivity (Wildman–Crippen MR) is 109 cm³/mol. The van der Waals surface area contributed by atoms with E-state index in [9.17, 15) is 9.59 Å². The number of piperidine rings is 1. The summed E-state index contributed by atoms with van der Waals surface area (Å²) in [6, 6.07) is 18.1. The molecule has 1 aliphatic rings. The third kappa shape index (κ3) is 5.35. The second-order valence-electron chi connectivity index (χ2n) is 7.24. The minimum Gasteiger partial charge on any atom is -0.496 e. The number of nitrogens with zero attached hydrogens (tertiary/aromatic N) is 1. The highest BCUT2D eigenvalue weighted by atomic mass is 16.5. The van der Waals surface area contributed by atoms with Crippen molar-refractivity contribution in [3.05, 3.63) is 65.7 Å². The summed E-state index contributed by atoms with van der Waals surface area (Å²) in [6.07, 6.45) is 3.54. The molecule has 0 radical (unpaired) electrons. The Hall–Kier alpha value is -2.82. The maximum Gasteiger partial charge on any atom is 0.311 e. The molecule has 5 heteroatoms. The molecule has 0 atom stereocenters. The number of rotatable bonds is 6. The number of ether oxygens (including phenoxy) is 1. The summed E-state index contributed by atoms with van der Waals surface area (Å²) < 4.78 is 5.31. The standard InChI is InChI=1S/C23H28N2O3/c1-28-21-10-6-5-9-20(21)11-14-24-22(26)23(27)25-15-12-19(13-16-25)17-18-7-3-2-4-8-18/h2-10,19H,11-17H2,1H3,(H,24,26). The molecule has 28 heavy (non-hydrogen) atoms. The third-order valence-electron chi connectivity index (χ3n) is 5.34. The van der Waals surface area contributed by atoms with Gasteiger partial charge in [0.25, 0.3) is 0 Å². The summed E-state index contributed by atoms with van der Waals surface area (Å²) in [5.41, 5.74) is 2.35. The second-order valence-corrected chi connectivity index (χ2v) is 7.24. The van der Waals surface area contributed by atoms with E-state index in [2.05, 4.69) is 29.6 Å². The molecule has 2 amide bonds. The molecule has 1 saturated heterocycles. The van der Waals surface area contributed by atoms with Gasteiger partial charge in [-0.3, -0.25) is 9.59 Å². The lowest BCUT2D eigenvalue weighted by Gasteiger charge is -2.31. The molecular formula is C23H28N2O3. The van der Waals surface area contributed by atoms with E-state index < -0.39 is 11.8 Å². The maximum absolute atomic E-state index is 12.4. The number of hydrogen-bond acceptors (Lipinski definition) is 3. The van der Waals surface area contributed by atoms with Crippen molar-refractivity contribution in [2.75, 3.05) is 26.7 Å². The number of likely N-dealkylation sites (tertiary alicyclic amines) is 1. The zero-order chi connectivity index (χ0) is 19.8. The SMILES string of the molecule is COc1ccccc1CCNC(=O)C(=O)N1CCC(Cc2ccccc2)CC1. The number of para-hydroxylation sites is 1. The molecule has 2 aromatic rings. The number of benzene rings is 2. The second kappa shape index (κ2) is 9.93. The van der Waals surface area contributed by atoms with Gasteiger partial charge in [0, 0.05) is 19.6 Å². The largest absolute Gasteiger partial charge is 0.496 e. The Morgan fingerprint density at radius 1 is 1.04 bits per heavy atom. The fourth-order valence-electron chi connectivity index (χ4n) is 3.73. The van der Waals surface area contributed by atoms with Crippen molar-refractivity contribution in [3.63, 3.8) is 0 Å². The lowest BCUT2D eigenvalue weighted by molar-refractivity contribution is -0.146. The van der Waals surface area contributed by atoms with E-state index in [1.807, 2.05) is 30.3 Å². The van der Waals surface area contributed by atoms with Crippen molar-refractivity contribution < 1.29 is 14.3 Å². The highest BCUT2D eigenvalue weighted by Crippen LogP contribution is 2.22. The van der Waals surface area contributed by atoms with Crippen LogP contribution in [0.5, 0.6) is 5.75 Å². The van der Waals surface area contributed by atoms with Gasteiger partial charge in [-0.05, 0) is 48.8 Å². The fourth-order valence-corrected chi connectivity index (χ4v) is 3.73. The van der Waals surface area contributed by atoms with E-state index in [1.54, 1.807) is 12.0 Å². The first-order valence-electron chi connectivity index (χ1n) is 9.90. The van der Waals surface area contributed by atoms with Gasteiger partial charge in [-0.15, -0.1) is 0 Å². The highest BCUT2D eigenvalue weighted by molar-refractivity contribution is 6.35. The average Bonchev–Trinajstić information content (AvgIpc) is 2.75. The molecule has 1 fully saturated rings. The molecular weight excluding hydrogens is 352 g/mol. The minimum atomic E-state index is -0.517. The van der Waals surface area contributed by atoms with Gasteiger partial charge in [-0.1, -0.05) is 48.5 Å². The van der Waals surface area contributed by atoms with Crippen molar-refractivity contribution >= 4 is 11.8 Å². The molecule has 1 aliphatic heterocycles. The molecule has 1 heterocycles. The topological polar surface area (TPSA) is 58.6 Å². The summed E-state index contributed by atoms with van der Waals surface area (Å²) >= 11 is 0. The van der Waals surface area contributed by atoms with Gasteiger partial charge in [0.2, 0.25) is 0 Å². The maximum atomic E-state index is 12.4. The van der Waals surface area contributed by atoms with Crippen LogP contribution in [0.3, 0.4) is 0 Å². The van der Waals surface area contributed by atoms with Crippen LogP contribution in [-0.2, 0) is 22.4 Å². The van der Waals surface area contributed by atoms with E-state index >= 15 is 0 Å². The van der Waals surface area contributed by atoms with Crippen molar-refractivity contribution in [2.24, 2.45) is 5.92 Å². The Kier molecular flexibility index (Phi) is 7.06. The predicted octanol–water partition coefficient (Wildman–Crippen LogP) is 2.84. The highest BCUT2D eigenvalue weighted by Gasteiger charge is 2.26. The van der Waals surface area contributed by atoms with Crippen molar-refractivity contribution in [3.8, 4) is 5.75 Å². The number of carbonyl (C=O) groups excluding carboxylic acids is 2. The summed E-state index contributed by atoms with van der Waals surface area (Å²) in [5, 5.41) is 2.74. The summed E-state index contributed by atoms with van der Waals surface area (Å²) in [5.74, 6) is 0.429. The molecule has 0 aliphatic carbocycles. The molecule has 0 aromatic heterocycles. The molecule has 2 aromatic carbocycles. The first-order chi connectivity index (χ1) is 13.7. The van der Waals surface area contributed by atoms with Crippen LogP contribution in [0.15, 0.2) is 54.6 Å². The first kappa shape index (κ1) is 19.9. The molecule has 148 valence electrons. The van der Waals surface area contributed by atoms with Crippen molar-refractivity contribution in [1.82, 2.24) is 10.2 Å². The number of hydrogen-bond donors (Lipinski definition) is 1. The number of carbonyl (C=O) groups is 2. The zero-order valence-corrected chi connectivity index (χ0v) is 16.4. The van der Waals surface area contributed by atoms with Gasteiger partial charge in [0.15, 0.2) is 0 Å². The van der Waals surface area contributed by atoms with E-state index in [0.717, 1.165) is 30.6 Å². The van der Waals surface area contributed by atoms with Crippen molar-refractivity contribution in [2.45, 2.75) is 25.7 Å². The lowest BCUT2D eigenvalue weighted by Crippen LogP contribution is -2.47. The molecule has 0 saturated carbocycles. The summed E-state index contributed by atoms with van der Waals surface area (Å²) in [7, 11) is 1.63. The number of nitrogens with one attached hydrogen (secondary N) is 1. The van der Waals surface area contributed by atoms with Crippen LogP contribution in [0.2, 0.25) is 0 Å². The van der Waals surface area contributed by atoms with Crippen LogP contribution < -0.4 is 10.1 Å². The van der Waals surface area contributed by atoms with Gasteiger partial charge in [-0.2, -0.15) is 0 Å². The molecule has 1 N–H and O–H groups in total. The average molecular weight is 380 g/mol. The Morgan fingerprint density at radius 2 is 1.71 bits per heavy atom. The minimum absolute atomic E-state index is 0.412. The Morgan fingerprint density at radius 3 is 2.43 bits per heavy atom. The van der Waals surface area contributed by atoms with Crippen LogP contribution in [0.4, 0.5) is 0 Å². The number of amides is 2. The Bertz CT molecular complexity index is 783. The summed E-state index contributed by atoms with van der Waals surface area (Å²) in [6.45, 7) is 1.71. The van der Waals surface area contributed by atoms with Crippen molar-refractivity contribution in [1.29, 1.82) is 0 Å². The lowest BCUT2D eigenvalue weighted by atomic mass is 9.90. The van der Waals surface area contributed by atoms with Gasteiger partial charge in [0.1, 0.15) is 5.75 Å².